The van der Waals surface area contributed by atoms with Gasteiger partial charge in [0.15, 0.2) is 0 Å². The number of hydrogen-bond acceptors (Lipinski definition) is 1. The third-order valence-electron chi connectivity index (χ3n) is 2.36. The van der Waals surface area contributed by atoms with Crippen LogP contribution in [0.25, 0.3) is 10.8 Å². The van der Waals surface area contributed by atoms with Gasteiger partial charge in [0, 0.05) is 28.9 Å². The van der Waals surface area contributed by atoms with Gasteiger partial charge in [-0.3, -0.25) is 0 Å². The molecule has 0 saturated carbocycles. The fraction of sp³-hybridized carbons (Fsp3) is 0.143. The standard InChI is InChI=1S/C14H12ClN/c15-14-9-8-11(5-3-4-10-16)12-6-1-2-7-13(12)14/h1-2,6-9H,4,10,16H2. The minimum atomic E-state index is 0.596. The van der Waals surface area contributed by atoms with Crippen molar-refractivity contribution in [3.05, 3.63) is 47.0 Å². The molecule has 0 aromatic heterocycles. The van der Waals surface area contributed by atoms with Crippen LogP contribution in [-0.2, 0) is 0 Å². The first-order valence-corrected chi connectivity index (χ1v) is 5.57. The van der Waals surface area contributed by atoms with Gasteiger partial charge in [0.1, 0.15) is 0 Å². The third kappa shape index (κ3) is 2.19. The van der Waals surface area contributed by atoms with E-state index in [2.05, 4.69) is 11.8 Å². The predicted molar refractivity (Wildman–Crippen MR) is 69.5 cm³/mol. The van der Waals surface area contributed by atoms with E-state index in [1.54, 1.807) is 0 Å². The Morgan fingerprint density at radius 2 is 1.81 bits per heavy atom. The van der Waals surface area contributed by atoms with E-state index in [0.29, 0.717) is 6.54 Å². The number of halogens is 1. The SMILES string of the molecule is NCCC#Cc1ccc(Cl)c2ccccc12. The fourth-order valence-electron chi connectivity index (χ4n) is 1.60. The average molecular weight is 230 g/mol. The molecule has 80 valence electrons. The van der Waals surface area contributed by atoms with Crippen LogP contribution in [0.5, 0.6) is 0 Å². The van der Waals surface area contributed by atoms with Crippen LogP contribution >= 0.6 is 11.6 Å². The van der Waals surface area contributed by atoms with E-state index in [4.69, 9.17) is 17.3 Å². The van der Waals surface area contributed by atoms with Crippen molar-refractivity contribution in [2.75, 3.05) is 6.54 Å². The molecule has 0 heterocycles. The number of hydrogen-bond donors (Lipinski definition) is 1. The van der Waals surface area contributed by atoms with Crippen LogP contribution in [0.4, 0.5) is 0 Å². The highest BCUT2D eigenvalue weighted by Gasteiger charge is 2.01. The summed E-state index contributed by atoms with van der Waals surface area (Å²) in [5.74, 6) is 6.17. The zero-order valence-electron chi connectivity index (χ0n) is 8.83. The molecule has 0 saturated heterocycles. The van der Waals surface area contributed by atoms with Crippen LogP contribution in [-0.4, -0.2) is 6.54 Å². The largest absolute Gasteiger partial charge is 0.330 e. The van der Waals surface area contributed by atoms with Crippen molar-refractivity contribution in [2.45, 2.75) is 6.42 Å². The molecule has 0 radical (unpaired) electrons. The van der Waals surface area contributed by atoms with Crippen LogP contribution in [0.3, 0.4) is 0 Å². The maximum Gasteiger partial charge on any atom is 0.0485 e. The molecule has 2 aromatic rings. The molecule has 0 bridgehead atoms. The van der Waals surface area contributed by atoms with Crippen molar-refractivity contribution in [1.29, 1.82) is 0 Å². The summed E-state index contributed by atoms with van der Waals surface area (Å²) in [5, 5.41) is 2.91. The van der Waals surface area contributed by atoms with Gasteiger partial charge in [-0.2, -0.15) is 0 Å². The molecule has 0 spiro atoms. The minimum Gasteiger partial charge on any atom is -0.330 e. The third-order valence-corrected chi connectivity index (χ3v) is 2.69. The maximum atomic E-state index is 6.12. The molecule has 0 aliphatic carbocycles. The summed E-state index contributed by atoms with van der Waals surface area (Å²) in [7, 11) is 0. The summed E-state index contributed by atoms with van der Waals surface area (Å²) in [4.78, 5) is 0. The quantitative estimate of drug-likeness (QED) is 0.747. The first-order valence-electron chi connectivity index (χ1n) is 5.19. The molecule has 2 aromatic carbocycles. The van der Waals surface area contributed by atoms with Crippen molar-refractivity contribution in [3.63, 3.8) is 0 Å². The molecule has 0 amide bonds. The summed E-state index contributed by atoms with van der Waals surface area (Å²) in [6.07, 6.45) is 0.719. The van der Waals surface area contributed by atoms with Crippen LogP contribution in [0.1, 0.15) is 12.0 Å². The molecule has 0 aliphatic rings. The Labute approximate surface area is 100 Å². The lowest BCUT2D eigenvalue weighted by atomic mass is 10.0. The van der Waals surface area contributed by atoms with E-state index in [1.165, 1.54) is 0 Å². The topological polar surface area (TPSA) is 26.0 Å². The Hall–Kier alpha value is -1.49. The van der Waals surface area contributed by atoms with E-state index in [-0.39, 0.29) is 0 Å². The number of fused-ring (bicyclic) bond motifs is 1. The van der Waals surface area contributed by atoms with Crippen molar-refractivity contribution in [1.82, 2.24) is 0 Å². The first kappa shape index (κ1) is 11.0. The van der Waals surface area contributed by atoms with Crippen LogP contribution in [0, 0.1) is 11.8 Å². The minimum absolute atomic E-state index is 0.596. The van der Waals surface area contributed by atoms with E-state index in [1.807, 2.05) is 36.4 Å². The highest BCUT2D eigenvalue weighted by atomic mass is 35.5. The van der Waals surface area contributed by atoms with Crippen molar-refractivity contribution >= 4 is 22.4 Å². The number of benzene rings is 2. The number of nitrogens with two attached hydrogens (primary N) is 1. The molecule has 2 N–H and O–H groups in total. The summed E-state index contributed by atoms with van der Waals surface area (Å²) in [6, 6.07) is 11.8. The lowest BCUT2D eigenvalue weighted by Gasteiger charge is -2.02. The Balaban J connectivity index is 2.56. The Kier molecular flexibility index (Phi) is 3.46. The highest BCUT2D eigenvalue weighted by Crippen LogP contribution is 2.25. The van der Waals surface area contributed by atoms with E-state index >= 15 is 0 Å². The van der Waals surface area contributed by atoms with Crippen molar-refractivity contribution < 1.29 is 0 Å². The number of rotatable bonds is 1. The maximum absolute atomic E-state index is 6.12. The fourth-order valence-corrected chi connectivity index (χ4v) is 1.83. The summed E-state index contributed by atoms with van der Waals surface area (Å²) in [5.41, 5.74) is 6.41. The van der Waals surface area contributed by atoms with Gasteiger partial charge < -0.3 is 5.73 Å². The van der Waals surface area contributed by atoms with Gasteiger partial charge >= 0.3 is 0 Å². The summed E-state index contributed by atoms with van der Waals surface area (Å²) >= 11 is 6.12. The lowest BCUT2D eigenvalue weighted by Crippen LogP contribution is -1.95. The zero-order valence-corrected chi connectivity index (χ0v) is 9.59. The van der Waals surface area contributed by atoms with Gasteiger partial charge in [-0.05, 0) is 17.5 Å². The second kappa shape index (κ2) is 5.03. The second-order valence-electron chi connectivity index (χ2n) is 3.48. The predicted octanol–water partition coefficient (Wildman–Crippen LogP) is 3.19. The molecular formula is C14H12ClN. The molecule has 2 heteroatoms. The van der Waals surface area contributed by atoms with Crippen LogP contribution in [0.2, 0.25) is 5.02 Å². The summed E-state index contributed by atoms with van der Waals surface area (Å²) in [6.45, 7) is 0.596. The van der Waals surface area contributed by atoms with E-state index in [9.17, 15) is 0 Å². The second-order valence-corrected chi connectivity index (χ2v) is 3.89. The van der Waals surface area contributed by atoms with E-state index < -0.39 is 0 Å². The molecule has 0 unspecified atom stereocenters. The molecule has 1 nitrogen and oxygen atoms in total. The van der Waals surface area contributed by atoms with Gasteiger partial charge in [-0.1, -0.05) is 47.7 Å². The van der Waals surface area contributed by atoms with Crippen molar-refractivity contribution in [2.24, 2.45) is 5.73 Å². The first-order chi connectivity index (χ1) is 7.83. The Bertz CT molecular complexity index is 564. The van der Waals surface area contributed by atoms with Crippen LogP contribution in [0.15, 0.2) is 36.4 Å². The molecule has 0 aliphatic heterocycles. The van der Waals surface area contributed by atoms with Crippen molar-refractivity contribution in [3.8, 4) is 11.8 Å². The van der Waals surface area contributed by atoms with Crippen LogP contribution < -0.4 is 5.73 Å². The smallest absolute Gasteiger partial charge is 0.0485 e. The molecular weight excluding hydrogens is 218 g/mol. The highest BCUT2D eigenvalue weighted by molar-refractivity contribution is 6.35. The molecule has 0 atom stereocenters. The average Bonchev–Trinajstić information content (AvgIpc) is 2.33. The normalized spacial score (nSPS) is 9.88. The van der Waals surface area contributed by atoms with Gasteiger partial charge in [0.2, 0.25) is 0 Å². The summed E-state index contributed by atoms with van der Waals surface area (Å²) < 4.78 is 0. The van der Waals surface area contributed by atoms with Gasteiger partial charge in [0.25, 0.3) is 0 Å². The Morgan fingerprint density at radius 1 is 1.06 bits per heavy atom. The van der Waals surface area contributed by atoms with Gasteiger partial charge in [-0.15, -0.1) is 0 Å². The van der Waals surface area contributed by atoms with E-state index in [0.717, 1.165) is 27.8 Å². The molecule has 0 fully saturated rings. The molecule has 2 rings (SSSR count). The lowest BCUT2D eigenvalue weighted by molar-refractivity contribution is 1.03. The van der Waals surface area contributed by atoms with Gasteiger partial charge in [-0.25, -0.2) is 0 Å². The molecule has 16 heavy (non-hydrogen) atoms. The van der Waals surface area contributed by atoms with Gasteiger partial charge in [0.05, 0.1) is 0 Å². The Morgan fingerprint density at radius 3 is 2.56 bits per heavy atom. The zero-order chi connectivity index (χ0) is 11.4. The monoisotopic (exact) mass is 229 g/mol.